The van der Waals surface area contributed by atoms with Crippen molar-refractivity contribution in [1.29, 1.82) is 0 Å². The van der Waals surface area contributed by atoms with Crippen molar-refractivity contribution in [1.82, 2.24) is 16.0 Å². The van der Waals surface area contributed by atoms with Gasteiger partial charge in [-0.25, -0.2) is 5.32 Å². The zero-order valence-corrected chi connectivity index (χ0v) is 9.60. The molecular formula is C9H12N3O3S. The molecule has 7 heteroatoms. The Morgan fingerprint density at radius 2 is 2.31 bits per heavy atom. The number of nitrogens with one attached hydrogen (secondary N) is 2. The number of amides is 2. The molecule has 87 valence electrons. The van der Waals surface area contributed by atoms with Gasteiger partial charge in [-0.1, -0.05) is 0 Å². The van der Waals surface area contributed by atoms with Gasteiger partial charge in [0.15, 0.2) is 5.78 Å². The molecule has 2 N–H and O–H groups in total. The molecule has 0 saturated carbocycles. The predicted molar refractivity (Wildman–Crippen MR) is 58.2 cm³/mol. The van der Waals surface area contributed by atoms with E-state index >= 15 is 0 Å². The van der Waals surface area contributed by atoms with Crippen LogP contribution in [0.15, 0.2) is 0 Å². The van der Waals surface area contributed by atoms with E-state index in [9.17, 15) is 14.4 Å². The molecule has 2 rings (SSSR count). The number of rotatable bonds is 2. The maximum Gasteiger partial charge on any atom is 0.286 e. The van der Waals surface area contributed by atoms with Crippen LogP contribution in [0.3, 0.4) is 0 Å². The van der Waals surface area contributed by atoms with Gasteiger partial charge < -0.3 is 5.32 Å². The summed E-state index contributed by atoms with van der Waals surface area (Å²) < 4.78 is 0. The second-order valence-electron chi connectivity index (χ2n) is 3.81. The van der Waals surface area contributed by atoms with Crippen molar-refractivity contribution in [3.8, 4) is 0 Å². The number of thioether (sulfide) groups is 1. The van der Waals surface area contributed by atoms with E-state index in [4.69, 9.17) is 0 Å². The molecule has 16 heavy (non-hydrogen) atoms. The van der Waals surface area contributed by atoms with Gasteiger partial charge in [-0.05, 0) is 18.7 Å². The van der Waals surface area contributed by atoms with Gasteiger partial charge in [0.1, 0.15) is 10.8 Å². The molecule has 6 nitrogen and oxygen atoms in total. The summed E-state index contributed by atoms with van der Waals surface area (Å²) >= 11 is 0.853. The Labute approximate surface area is 96.9 Å². The summed E-state index contributed by atoms with van der Waals surface area (Å²) in [6, 6.07) is 0. The van der Waals surface area contributed by atoms with Crippen molar-refractivity contribution in [2.45, 2.75) is 17.7 Å². The van der Waals surface area contributed by atoms with Crippen molar-refractivity contribution in [2.75, 3.05) is 19.6 Å². The molecule has 2 fully saturated rings. The predicted octanol–water partition coefficient (Wildman–Crippen LogP) is -1.13. The molecule has 0 aromatic rings. The Bertz CT molecular complexity index is 352. The number of imide groups is 1. The van der Waals surface area contributed by atoms with E-state index in [2.05, 4.69) is 16.0 Å². The number of hydrogen-bond donors (Lipinski definition) is 2. The second kappa shape index (κ2) is 4.15. The first-order chi connectivity index (χ1) is 7.56. The van der Waals surface area contributed by atoms with Crippen LogP contribution >= 0.6 is 11.8 Å². The van der Waals surface area contributed by atoms with E-state index in [1.54, 1.807) is 0 Å². The highest BCUT2D eigenvalue weighted by molar-refractivity contribution is 8.15. The smallest absolute Gasteiger partial charge is 0.286 e. The number of Topliss-reactive ketones (excluding diaryl/α,β-unsaturated/α-hetero) is 1. The Morgan fingerprint density at radius 3 is 2.75 bits per heavy atom. The molecule has 2 atom stereocenters. The first-order valence-electron chi connectivity index (χ1n) is 4.98. The second-order valence-corrected chi connectivity index (χ2v) is 4.89. The molecule has 2 heterocycles. The summed E-state index contributed by atoms with van der Waals surface area (Å²) in [6.07, 6.45) is 0. The van der Waals surface area contributed by atoms with Gasteiger partial charge in [-0.15, -0.1) is 0 Å². The van der Waals surface area contributed by atoms with Crippen molar-refractivity contribution < 1.29 is 14.4 Å². The first-order valence-corrected chi connectivity index (χ1v) is 5.86. The Balaban J connectivity index is 2.28. The fraction of sp³-hybridized carbons (Fsp3) is 0.667. The summed E-state index contributed by atoms with van der Waals surface area (Å²) in [6.45, 7) is 2.91. The third-order valence-electron chi connectivity index (χ3n) is 2.81. The highest BCUT2D eigenvalue weighted by Crippen LogP contribution is 2.31. The molecule has 0 aromatic heterocycles. The van der Waals surface area contributed by atoms with Crippen molar-refractivity contribution in [3.05, 3.63) is 0 Å². The van der Waals surface area contributed by atoms with E-state index in [1.165, 1.54) is 6.92 Å². The number of carbonyl (C=O) groups excluding carboxylic acids is 3. The molecular weight excluding hydrogens is 230 g/mol. The largest absolute Gasteiger partial charge is 0.313 e. The third kappa shape index (κ3) is 1.74. The third-order valence-corrected chi connectivity index (χ3v) is 3.96. The molecule has 0 aliphatic carbocycles. The van der Waals surface area contributed by atoms with Crippen LogP contribution in [-0.4, -0.2) is 47.4 Å². The van der Waals surface area contributed by atoms with Crippen molar-refractivity contribution in [3.63, 3.8) is 0 Å². The molecule has 0 aromatic carbocycles. The lowest BCUT2D eigenvalue weighted by Crippen LogP contribution is -2.66. The Morgan fingerprint density at radius 1 is 1.56 bits per heavy atom. The van der Waals surface area contributed by atoms with Gasteiger partial charge in [0.25, 0.3) is 5.24 Å². The highest BCUT2D eigenvalue weighted by Gasteiger charge is 2.53. The van der Waals surface area contributed by atoms with Gasteiger partial charge in [0.05, 0.1) is 0 Å². The first kappa shape index (κ1) is 11.6. The van der Waals surface area contributed by atoms with Crippen LogP contribution in [0.25, 0.3) is 0 Å². The average Bonchev–Trinajstić information content (AvgIpc) is 2.59. The molecule has 1 radical (unpaired) electrons. The van der Waals surface area contributed by atoms with Crippen LogP contribution in [0, 0.1) is 0 Å². The topological polar surface area (TPSA) is 89.4 Å². The molecule has 2 saturated heterocycles. The quantitative estimate of drug-likeness (QED) is 0.640. The molecule has 2 unspecified atom stereocenters. The fourth-order valence-corrected chi connectivity index (χ4v) is 2.99. The molecule has 2 aliphatic rings. The summed E-state index contributed by atoms with van der Waals surface area (Å²) in [5, 5.41) is 8.38. The standard InChI is InChI=1S/C9H12N3O3S/c1-5(13)9(4-10-2-3-11-9)6-7(14)12-8(15)16-6/h6,10H,2-4H2,1H3,(H,12,14,15). The van der Waals surface area contributed by atoms with Crippen LogP contribution in [-0.2, 0) is 9.59 Å². The number of hydrogen-bond acceptors (Lipinski definition) is 5. The van der Waals surface area contributed by atoms with Crippen molar-refractivity contribution in [2.24, 2.45) is 0 Å². The number of piperazine rings is 1. The maximum atomic E-state index is 11.7. The lowest BCUT2D eigenvalue weighted by molar-refractivity contribution is -0.129. The normalized spacial score (nSPS) is 34.9. The zero-order valence-electron chi connectivity index (χ0n) is 8.78. The van der Waals surface area contributed by atoms with Gasteiger partial charge in [-0.2, -0.15) is 0 Å². The highest BCUT2D eigenvalue weighted by atomic mass is 32.2. The fourth-order valence-electron chi connectivity index (χ4n) is 1.94. The minimum atomic E-state index is -1.08. The monoisotopic (exact) mass is 242 g/mol. The summed E-state index contributed by atoms with van der Waals surface area (Å²) in [5.74, 6) is -0.597. The number of carbonyl (C=O) groups is 3. The van der Waals surface area contributed by atoms with Crippen LogP contribution in [0.4, 0.5) is 4.79 Å². The lowest BCUT2D eigenvalue weighted by atomic mass is 9.88. The number of ketones is 1. The van der Waals surface area contributed by atoms with E-state index in [0.717, 1.165) is 11.8 Å². The van der Waals surface area contributed by atoms with Crippen LogP contribution < -0.4 is 16.0 Å². The van der Waals surface area contributed by atoms with Crippen LogP contribution in [0.1, 0.15) is 6.92 Å². The SMILES string of the molecule is CC(=O)C1(C2SC(=O)NC2=O)CNCC[N]1. The van der Waals surface area contributed by atoms with E-state index < -0.39 is 21.9 Å². The van der Waals surface area contributed by atoms with E-state index in [-0.39, 0.29) is 5.78 Å². The Hall–Kier alpha value is -0.920. The lowest BCUT2D eigenvalue weighted by Gasteiger charge is -2.37. The molecule has 2 amide bonds. The van der Waals surface area contributed by atoms with E-state index in [1.807, 2.05) is 0 Å². The molecule has 0 spiro atoms. The minimum absolute atomic E-state index is 0.179. The molecule has 2 aliphatic heterocycles. The maximum absolute atomic E-state index is 11.7. The van der Waals surface area contributed by atoms with Gasteiger partial charge in [0, 0.05) is 19.6 Å². The summed E-state index contributed by atoms with van der Waals surface area (Å²) in [4.78, 5) is 34.5. The van der Waals surface area contributed by atoms with Gasteiger partial charge in [0.2, 0.25) is 5.91 Å². The van der Waals surface area contributed by atoms with Crippen LogP contribution in [0.2, 0.25) is 0 Å². The van der Waals surface area contributed by atoms with Crippen LogP contribution in [0.5, 0.6) is 0 Å². The van der Waals surface area contributed by atoms with Gasteiger partial charge >= 0.3 is 0 Å². The van der Waals surface area contributed by atoms with Gasteiger partial charge in [-0.3, -0.25) is 19.7 Å². The van der Waals surface area contributed by atoms with Crippen molar-refractivity contribution >= 4 is 28.7 Å². The molecule has 0 bridgehead atoms. The average molecular weight is 242 g/mol. The Kier molecular flexibility index (Phi) is 3.00. The summed E-state index contributed by atoms with van der Waals surface area (Å²) in [7, 11) is 0. The zero-order chi connectivity index (χ0) is 11.8. The number of nitrogens with zero attached hydrogens (tertiary/aromatic N) is 1. The summed E-state index contributed by atoms with van der Waals surface area (Å²) in [5.41, 5.74) is -1.08. The minimum Gasteiger partial charge on any atom is -0.313 e. The van der Waals surface area contributed by atoms with E-state index in [0.29, 0.717) is 19.6 Å².